The van der Waals surface area contributed by atoms with Gasteiger partial charge in [0.25, 0.3) is 0 Å². The predicted molar refractivity (Wildman–Crippen MR) is 114 cm³/mol. The van der Waals surface area contributed by atoms with E-state index in [0.717, 1.165) is 62.4 Å². The Morgan fingerprint density at radius 3 is 2.00 bits per heavy atom. The van der Waals surface area contributed by atoms with E-state index in [9.17, 15) is 21.6 Å². The first-order valence-electron chi connectivity index (χ1n) is 10.8. The summed E-state index contributed by atoms with van der Waals surface area (Å²) in [4.78, 5) is 2.12. The maximum atomic E-state index is 12.7. The highest BCUT2D eigenvalue weighted by molar-refractivity contribution is 7.89. The highest BCUT2D eigenvalue weighted by atomic mass is 32.2. The zero-order chi connectivity index (χ0) is 22.4. The maximum Gasteiger partial charge on any atom is 0.416 e. The van der Waals surface area contributed by atoms with Gasteiger partial charge in [-0.05, 0) is 76.0 Å². The number of rotatable bonds is 10. The summed E-state index contributed by atoms with van der Waals surface area (Å²) in [5.74, 6) is 1.04. The summed E-state index contributed by atoms with van der Waals surface area (Å²) >= 11 is 0. The summed E-state index contributed by atoms with van der Waals surface area (Å²) in [5.41, 5.74) is -0.843. The predicted octanol–water partition coefficient (Wildman–Crippen LogP) is 5.25. The molecular weight excluding hydrogens is 413 g/mol. The van der Waals surface area contributed by atoms with E-state index in [2.05, 4.69) is 19.0 Å². The Morgan fingerprint density at radius 1 is 0.900 bits per heavy atom. The van der Waals surface area contributed by atoms with Crippen LogP contribution in [-0.4, -0.2) is 51.9 Å². The minimum absolute atomic E-state index is 0.0931. The molecule has 0 bridgehead atoms. The Labute approximate surface area is 179 Å². The number of unbranched alkanes of at least 4 members (excludes halogenated alkanes) is 2. The number of alkyl halides is 3. The van der Waals surface area contributed by atoms with Crippen LogP contribution in [0.3, 0.4) is 0 Å². The molecule has 1 aromatic carbocycles. The van der Waals surface area contributed by atoms with Gasteiger partial charge in [-0.1, -0.05) is 32.1 Å². The molecule has 30 heavy (non-hydrogen) atoms. The second-order valence-corrected chi connectivity index (χ2v) is 10.9. The summed E-state index contributed by atoms with van der Waals surface area (Å²) in [5, 5.41) is 0. The maximum absolute atomic E-state index is 12.7. The SMILES string of the molecule is CN(C)CCCCC[C@H]1CC[C@H](CN(C)S(=O)(=O)c2ccc(C(F)(F)F)cc2)CC1. The van der Waals surface area contributed by atoms with Crippen LogP contribution in [0, 0.1) is 11.8 Å². The van der Waals surface area contributed by atoms with Gasteiger partial charge in [0.05, 0.1) is 10.5 Å². The van der Waals surface area contributed by atoms with Gasteiger partial charge in [0.1, 0.15) is 0 Å². The Morgan fingerprint density at radius 2 is 1.47 bits per heavy atom. The molecule has 2 rings (SSSR count). The Balaban J connectivity index is 1.79. The minimum atomic E-state index is -4.47. The van der Waals surface area contributed by atoms with Crippen LogP contribution in [0.4, 0.5) is 13.2 Å². The monoisotopic (exact) mass is 448 g/mol. The fraction of sp³-hybridized carbons (Fsp3) is 0.727. The van der Waals surface area contributed by atoms with E-state index in [-0.39, 0.29) is 4.90 Å². The molecule has 0 aromatic heterocycles. The van der Waals surface area contributed by atoms with Crippen LogP contribution < -0.4 is 0 Å². The second kappa shape index (κ2) is 11.0. The van der Waals surface area contributed by atoms with Crippen LogP contribution in [-0.2, 0) is 16.2 Å². The summed E-state index contributed by atoms with van der Waals surface area (Å²) in [6.07, 6.45) is 4.80. The number of halogens is 3. The largest absolute Gasteiger partial charge is 0.416 e. The lowest BCUT2D eigenvalue weighted by Gasteiger charge is -2.31. The average molecular weight is 449 g/mol. The molecule has 0 atom stereocenters. The molecule has 1 saturated carbocycles. The fourth-order valence-electron chi connectivity index (χ4n) is 4.20. The van der Waals surface area contributed by atoms with Gasteiger partial charge in [-0.25, -0.2) is 12.7 Å². The van der Waals surface area contributed by atoms with Crippen LogP contribution in [0.15, 0.2) is 29.2 Å². The number of hydrogen-bond acceptors (Lipinski definition) is 3. The highest BCUT2D eigenvalue weighted by Gasteiger charge is 2.32. The molecule has 4 nitrogen and oxygen atoms in total. The Bertz CT molecular complexity index is 741. The number of nitrogens with zero attached hydrogens (tertiary/aromatic N) is 2. The third-order valence-corrected chi connectivity index (χ3v) is 7.93. The summed E-state index contributed by atoms with van der Waals surface area (Å²) in [6.45, 7) is 1.55. The van der Waals surface area contributed by atoms with Crippen molar-refractivity contribution in [3.8, 4) is 0 Å². The molecule has 1 fully saturated rings. The third kappa shape index (κ3) is 7.54. The van der Waals surface area contributed by atoms with E-state index in [1.165, 1.54) is 37.0 Å². The van der Waals surface area contributed by atoms with Gasteiger partial charge in [0, 0.05) is 13.6 Å². The molecule has 1 aliphatic rings. The normalized spacial score (nSPS) is 20.8. The lowest BCUT2D eigenvalue weighted by Crippen LogP contribution is -2.33. The van der Waals surface area contributed by atoms with Crippen molar-refractivity contribution in [2.45, 2.75) is 62.4 Å². The third-order valence-electron chi connectivity index (χ3n) is 6.09. The molecular formula is C22H35F3N2O2S. The van der Waals surface area contributed by atoms with Crippen molar-refractivity contribution in [3.63, 3.8) is 0 Å². The van der Waals surface area contributed by atoms with Gasteiger partial charge in [0.15, 0.2) is 0 Å². The molecule has 0 radical (unpaired) electrons. The van der Waals surface area contributed by atoms with Crippen molar-refractivity contribution in [2.24, 2.45) is 11.8 Å². The first kappa shape index (κ1) is 25.1. The number of hydrogen-bond donors (Lipinski definition) is 0. The van der Waals surface area contributed by atoms with Crippen LogP contribution >= 0.6 is 0 Å². The first-order chi connectivity index (χ1) is 14.0. The molecule has 0 N–H and O–H groups in total. The van der Waals surface area contributed by atoms with Gasteiger partial charge >= 0.3 is 6.18 Å². The van der Waals surface area contributed by atoms with Crippen LogP contribution in [0.5, 0.6) is 0 Å². The highest BCUT2D eigenvalue weighted by Crippen LogP contribution is 2.34. The molecule has 8 heteroatoms. The quantitative estimate of drug-likeness (QED) is 0.459. The molecule has 0 unspecified atom stereocenters. The van der Waals surface area contributed by atoms with Crippen molar-refractivity contribution in [3.05, 3.63) is 29.8 Å². The summed E-state index contributed by atoms with van der Waals surface area (Å²) in [7, 11) is 1.92. The summed E-state index contributed by atoms with van der Waals surface area (Å²) < 4.78 is 64.8. The lowest BCUT2D eigenvalue weighted by molar-refractivity contribution is -0.137. The standard InChI is InChI=1S/C22H35F3N2O2S/c1-26(2)16-6-4-5-7-18-8-10-19(11-9-18)17-27(3)30(28,29)21-14-12-20(13-15-21)22(23,24)25/h12-15,18-19H,4-11,16-17H2,1-3H3/t18-,19-. The van der Waals surface area contributed by atoms with Crippen LogP contribution in [0.25, 0.3) is 0 Å². The molecule has 1 aromatic rings. The van der Waals surface area contributed by atoms with E-state index in [1.807, 2.05) is 0 Å². The van der Waals surface area contributed by atoms with E-state index >= 15 is 0 Å². The number of sulfonamides is 1. The molecule has 1 aliphatic carbocycles. The molecule has 0 heterocycles. The molecule has 0 amide bonds. The topological polar surface area (TPSA) is 40.6 Å². The van der Waals surface area contributed by atoms with E-state index in [4.69, 9.17) is 0 Å². The average Bonchev–Trinajstić information content (AvgIpc) is 2.68. The van der Waals surface area contributed by atoms with Gasteiger partial charge < -0.3 is 4.90 Å². The summed E-state index contributed by atoms with van der Waals surface area (Å²) in [6, 6.07) is 3.73. The molecule has 0 spiro atoms. The van der Waals surface area contributed by atoms with Crippen LogP contribution in [0.1, 0.15) is 56.9 Å². The van der Waals surface area contributed by atoms with Gasteiger partial charge in [-0.2, -0.15) is 13.2 Å². The van der Waals surface area contributed by atoms with Gasteiger partial charge in [-0.15, -0.1) is 0 Å². The van der Waals surface area contributed by atoms with E-state index in [1.54, 1.807) is 0 Å². The second-order valence-electron chi connectivity index (χ2n) is 8.85. The smallest absolute Gasteiger partial charge is 0.309 e. The van der Waals surface area contributed by atoms with Gasteiger partial charge in [-0.3, -0.25) is 0 Å². The van der Waals surface area contributed by atoms with Crippen molar-refractivity contribution in [1.82, 2.24) is 9.21 Å². The van der Waals surface area contributed by atoms with Gasteiger partial charge in [0.2, 0.25) is 10.0 Å². The van der Waals surface area contributed by atoms with Crippen molar-refractivity contribution >= 4 is 10.0 Å². The van der Waals surface area contributed by atoms with Crippen molar-refractivity contribution < 1.29 is 21.6 Å². The van der Waals surface area contributed by atoms with Crippen molar-refractivity contribution in [2.75, 3.05) is 34.2 Å². The van der Waals surface area contributed by atoms with Crippen molar-refractivity contribution in [1.29, 1.82) is 0 Å². The molecule has 0 saturated heterocycles. The Kier molecular flexibility index (Phi) is 9.18. The zero-order valence-electron chi connectivity index (χ0n) is 18.3. The van der Waals surface area contributed by atoms with Crippen LogP contribution in [0.2, 0.25) is 0 Å². The fourth-order valence-corrected chi connectivity index (χ4v) is 5.45. The first-order valence-corrected chi connectivity index (χ1v) is 12.2. The Hall–Kier alpha value is -1.12. The molecule has 172 valence electrons. The van der Waals surface area contributed by atoms with E-state index < -0.39 is 21.8 Å². The zero-order valence-corrected chi connectivity index (χ0v) is 19.1. The minimum Gasteiger partial charge on any atom is -0.309 e. The number of benzene rings is 1. The molecule has 0 aliphatic heterocycles. The van der Waals surface area contributed by atoms with E-state index in [0.29, 0.717) is 12.5 Å². The lowest BCUT2D eigenvalue weighted by atomic mass is 9.80.